The topological polar surface area (TPSA) is 54.7 Å². The first-order chi connectivity index (χ1) is 12.7. The molecule has 2 aliphatic rings. The summed E-state index contributed by atoms with van der Waals surface area (Å²) in [7, 11) is 1.78. The Hall–Kier alpha value is -1.98. The molecule has 4 rings (SSSR count). The highest BCUT2D eigenvalue weighted by Crippen LogP contribution is 2.38. The number of likely N-dealkylation sites (tertiary alicyclic amines) is 1. The minimum absolute atomic E-state index is 0.0350. The standard InChI is InChI=1S/C20H23ClN2O3/c1-25-19-13-6-7-14(19)12-23(11-13)20(24)22-10-15-8-9-18(26-15)16-4-2-3-5-17(16)21/h2-5,8-9,13-14,19H,6-7,10-12H2,1H3,(H,22,24)/t13-,14+,19?. The molecule has 1 N–H and O–H groups in total. The highest BCUT2D eigenvalue weighted by Gasteiger charge is 2.43. The Bertz CT molecular complexity index is 777. The minimum Gasteiger partial charge on any atom is -0.459 e. The molecule has 0 radical (unpaired) electrons. The molecule has 1 aliphatic carbocycles. The fourth-order valence-corrected chi connectivity index (χ4v) is 4.51. The largest absolute Gasteiger partial charge is 0.459 e. The number of methoxy groups -OCH3 is 1. The van der Waals surface area contributed by atoms with Crippen molar-refractivity contribution in [3.8, 4) is 11.3 Å². The normalized spacial score (nSPS) is 24.7. The van der Waals surface area contributed by atoms with Gasteiger partial charge in [0.2, 0.25) is 0 Å². The number of benzene rings is 1. The van der Waals surface area contributed by atoms with E-state index in [2.05, 4.69) is 5.32 Å². The second-order valence-corrected chi connectivity index (χ2v) is 7.51. The van der Waals surface area contributed by atoms with Gasteiger partial charge in [-0.25, -0.2) is 4.79 Å². The number of hydrogen-bond donors (Lipinski definition) is 1. The van der Waals surface area contributed by atoms with Crippen LogP contribution in [0.25, 0.3) is 11.3 Å². The van der Waals surface area contributed by atoms with E-state index in [1.807, 2.05) is 41.3 Å². The van der Waals surface area contributed by atoms with Crippen molar-refractivity contribution in [2.24, 2.45) is 11.8 Å². The van der Waals surface area contributed by atoms with E-state index < -0.39 is 0 Å². The number of ether oxygens (including phenoxy) is 1. The van der Waals surface area contributed by atoms with Crippen LogP contribution in [0.4, 0.5) is 4.79 Å². The number of carbonyl (C=O) groups excluding carboxylic acids is 1. The number of fused-ring (bicyclic) bond motifs is 2. The van der Waals surface area contributed by atoms with E-state index in [1.165, 1.54) is 0 Å². The van der Waals surface area contributed by atoms with Crippen LogP contribution in [0.2, 0.25) is 5.02 Å². The van der Waals surface area contributed by atoms with Gasteiger partial charge in [-0.3, -0.25) is 0 Å². The zero-order valence-electron chi connectivity index (χ0n) is 14.8. The van der Waals surface area contributed by atoms with Crippen LogP contribution in [-0.2, 0) is 11.3 Å². The van der Waals surface area contributed by atoms with Crippen molar-refractivity contribution in [2.75, 3.05) is 20.2 Å². The lowest BCUT2D eigenvalue weighted by molar-refractivity contribution is -0.00513. The summed E-state index contributed by atoms with van der Waals surface area (Å²) in [5.74, 6) is 2.33. The number of amides is 2. The van der Waals surface area contributed by atoms with Crippen molar-refractivity contribution in [1.82, 2.24) is 10.2 Å². The zero-order valence-corrected chi connectivity index (χ0v) is 15.5. The molecule has 1 aromatic carbocycles. The predicted molar refractivity (Wildman–Crippen MR) is 100.0 cm³/mol. The number of halogens is 1. The number of furan rings is 1. The molecule has 1 saturated heterocycles. The summed E-state index contributed by atoms with van der Waals surface area (Å²) in [6.07, 6.45) is 2.60. The second kappa shape index (κ2) is 7.33. The Morgan fingerprint density at radius 3 is 2.65 bits per heavy atom. The van der Waals surface area contributed by atoms with Crippen LogP contribution in [0.5, 0.6) is 0 Å². The van der Waals surface area contributed by atoms with Gasteiger partial charge in [0.25, 0.3) is 0 Å². The third kappa shape index (κ3) is 3.33. The van der Waals surface area contributed by atoms with Crippen LogP contribution in [0.1, 0.15) is 18.6 Å². The number of piperidine rings is 1. The maximum absolute atomic E-state index is 12.5. The van der Waals surface area contributed by atoms with Gasteiger partial charge in [-0.2, -0.15) is 0 Å². The quantitative estimate of drug-likeness (QED) is 0.873. The average Bonchev–Trinajstić information content (AvgIpc) is 3.21. The fraction of sp³-hybridized carbons (Fsp3) is 0.450. The lowest BCUT2D eigenvalue weighted by Gasteiger charge is -2.37. The van der Waals surface area contributed by atoms with Crippen LogP contribution in [0.3, 0.4) is 0 Å². The number of nitrogens with one attached hydrogen (secondary N) is 1. The number of nitrogens with zero attached hydrogens (tertiary/aromatic N) is 1. The molecular weight excluding hydrogens is 352 g/mol. The summed E-state index contributed by atoms with van der Waals surface area (Å²) in [4.78, 5) is 14.4. The molecule has 1 aromatic heterocycles. The first-order valence-corrected chi connectivity index (χ1v) is 9.42. The summed E-state index contributed by atoms with van der Waals surface area (Å²) < 4.78 is 11.4. The second-order valence-electron chi connectivity index (χ2n) is 7.11. The number of carbonyl (C=O) groups is 1. The zero-order chi connectivity index (χ0) is 18.1. The van der Waals surface area contributed by atoms with E-state index in [9.17, 15) is 4.79 Å². The van der Waals surface area contributed by atoms with Crippen LogP contribution in [0, 0.1) is 11.8 Å². The van der Waals surface area contributed by atoms with Gasteiger partial charge in [0.05, 0.1) is 17.7 Å². The Morgan fingerprint density at radius 1 is 1.23 bits per heavy atom. The molecule has 5 nitrogen and oxygen atoms in total. The molecule has 2 amide bonds. The molecule has 3 atom stereocenters. The summed E-state index contributed by atoms with van der Waals surface area (Å²) in [5, 5.41) is 3.62. The highest BCUT2D eigenvalue weighted by molar-refractivity contribution is 6.33. The molecule has 2 bridgehead atoms. The van der Waals surface area contributed by atoms with Crippen LogP contribution < -0.4 is 5.32 Å². The Balaban J connectivity index is 1.35. The number of hydrogen-bond acceptors (Lipinski definition) is 3. The van der Waals surface area contributed by atoms with E-state index in [0.717, 1.165) is 31.5 Å². The van der Waals surface area contributed by atoms with Gasteiger partial charge in [0, 0.05) is 37.6 Å². The maximum Gasteiger partial charge on any atom is 0.317 e. The monoisotopic (exact) mass is 374 g/mol. The van der Waals surface area contributed by atoms with Crippen molar-refractivity contribution in [3.63, 3.8) is 0 Å². The number of rotatable bonds is 4. The third-order valence-electron chi connectivity index (χ3n) is 5.52. The molecule has 0 spiro atoms. The van der Waals surface area contributed by atoms with Gasteiger partial charge in [0.1, 0.15) is 11.5 Å². The van der Waals surface area contributed by atoms with E-state index in [0.29, 0.717) is 41.0 Å². The molecule has 2 aromatic rings. The molecule has 1 saturated carbocycles. The first kappa shape index (κ1) is 17.4. The van der Waals surface area contributed by atoms with Gasteiger partial charge in [-0.05, 0) is 37.1 Å². The lowest BCUT2D eigenvalue weighted by Crippen LogP contribution is -2.51. The predicted octanol–water partition coefficient (Wildman–Crippen LogP) is 4.17. The van der Waals surface area contributed by atoms with Crippen molar-refractivity contribution < 1.29 is 13.9 Å². The first-order valence-electron chi connectivity index (χ1n) is 9.05. The van der Waals surface area contributed by atoms with Gasteiger partial charge < -0.3 is 19.4 Å². The van der Waals surface area contributed by atoms with Crippen LogP contribution >= 0.6 is 11.6 Å². The van der Waals surface area contributed by atoms with E-state index in [4.69, 9.17) is 20.8 Å². The molecule has 26 heavy (non-hydrogen) atoms. The summed E-state index contributed by atoms with van der Waals surface area (Å²) in [6, 6.07) is 11.3. The fourth-order valence-electron chi connectivity index (χ4n) is 4.28. The summed E-state index contributed by atoms with van der Waals surface area (Å²) in [6.45, 7) is 1.90. The van der Waals surface area contributed by atoms with Gasteiger partial charge in [-0.15, -0.1) is 0 Å². The molecule has 2 fully saturated rings. The summed E-state index contributed by atoms with van der Waals surface area (Å²) in [5.41, 5.74) is 0.852. The molecule has 1 aliphatic heterocycles. The molecule has 6 heteroatoms. The van der Waals surface area contributed by atoms with Crippen LogP contribution in [0.15, 0.2) is 40.8 Å². The van der Waals surface area contributed by atoms with Crippen molar-refractivity contribution in [2.45, 2.75) is 25.5 Å². The smallest absolute Gasteiger partial charge is 0.317 e. The number of urea groups is 1. The Kier molecular flexibility index (Phi) is 4.92. The highest BCUT2D eigenvalue weighted by atomic mass is 35.5. The van der Waals surface area contributed by atoms with Gasteiger partial charge >= 0.3 is 6.03 Å². The van der Waals surface area contributed by atoms with E-state index >= 15 is 0 Å². The van der Waals surface area contributed by atoms with Crippen molar-refractivity contribution >= 4 is 17.6 Å². The third-order valence-corrected chi connectivity index (χ3v) is 5.85. The molecular formula is C20H23ClN2O3. The maximum atomic E-state index is 12.5. The molecule has 138 valence electrons. The minimum atomic E-state index is -0.0350. The SMILES string of the molecule is COC1[C@@H]2CC[C@H]1CN(C(=O)NCc1ccc(-c3ccccc3Cl)o1)C2. The Labute approximate surface area is 158 Å². The molecule has 1 unspecified atom stereocenters. The van der Waals surface area contributed by atoms with Crippen LogP contribution in [-0.4, -0.2) is 37.2 Å². The van der Waals surface area contributed by atoms with E-state index in [1.54, 1.807) is 7.11 Å². The lowest BCUT2D eigenvalue weighted by atomic mass is 9.95. The van der Waals surface area contributed by atoms with Crippen molar-refractivity contribution in [1.29, 1.82) is 0 Å². The van der Waals surface area contributed by atoms with Gasteiger partial charge in [0.15, 0.2) is 0 Å². The van der Waals surface area contributed by atoms with E-state index in [-0.39, 0.29) is 6.03 Å². The average molecular weight is 375 g/mol. The van der Waals surface area contributed by atoms with Gasteiger partial charge in [-0.1, -0.05) is 23.7 Å². The molecule has 2 heterocycles. The summed E-state index contributed by atoms with van der Waals surface area (Å²) >= 11 is 6.21. The van der Waals surface area contributed by atoms with Crippen molar-refractivity contribution in [3.05, 3.63) is 47.2 Å². The Morgan fingerprint density at radius 2 is 1.96 bits per heavy atom.